The number of hydrogen-bond acceptors (Lipinski definition) is 2. The molecule has 3 heteroatoms. The Bertz CT molecular complexity index is 219. The van der Waals surface area contributed by atoms with Crippen molar-refractivity contribution in [2.75, 3.05) is 19.6 Å². The van der Waals surface area contributed by atoms with Crippen molar-refractivity contribution in [1.82, 2.24) is 9.88 Å². The second-order valence-electron chi connectivity index (χ2n) is 7.23. The molecule has 1 N–H and O–H groups in total. The fraction of sp³-hybridized carbons (Fsp3) is 1.00. The Labute approximate surface area is 123 Å². The van der Waals surface area contributed by atoms with Gasteiger partial charge in [0.2, 0.25) is 0 Å². The van der Waals surface area contributed by atoms with Gasteiger partial charge in [0.05, 0.1) is 0 Å². The normalized spacial score (nSPS) is 13.3. The van der Waals surface area contributed by atoms with E-state index >= 15 is 0 Å². The first-order chi connectivity index (χ1) is 8.76. The van der Waals surface area contributed by atoms with Crippen LogP contribution in [0.3, 0.4) is 0 Å². The monoisotopic (exact) mass is 286 g/mol. The molecule has 0 amide bonds. The zero-order chi connectivity index (χ0) is 14.9. The van der Waals surface area contributed by atoms with E-state index in [0.717, 1.165) is 0 Å². The maximum absolute atomic E-state index is 3.96. The van der Waals surface area contributed by atoms with Crippen LogP contribution in [-0.2, 0) is 0 Å². The Morgan fingerprint density at radius 1 is 0.947 bits per heavy atom. The van der Waals surface area contributed by atoms with Gasteiger partial charge in [-0.25, -0.2) is 0 Å². The van der Waals surface area contributed by atoms with Crippen LogP contribution in [0.1, 0.15) is 60.3 Å². The van der Waals surface area contributed by atoms with E-state index in [2.05, 4.69) is 57.6 Å². The Hall–Kier alpha value is 0.137. The number of rotatable bonds is 11. The average Bonchev–Trinajstić information content (AvgIpc) is 2.31. The van der Waals surface area contributed by atoms with Crippen molar-refractivity contribution >= 4 is 8.24 Å². The molecule has 0 aromatic heterocycles. The summed E-state index contributed by atoms with van der Waals surface area (Å²) in [6.07, 6.45) is 5.25. The number of nitrogens with one attached hydrogen (secondary N) is 1. The fourth-order valence-corrected chi connectivity index (χ4v) is 4.72. The second-order valence-corrected chi connectivity index (χ2v) is 12.0. The zero-order valence-corrected chi connectivity index (χ0v) is 15.6. The summed E-state index contributed by atoms with van der Waals surface area (Å²) in [6, 6.07) is 1.31. The molecule has 0 fully saturated rings. The van der Waals surface area contributed by atoms with E-state index in [1.54, 1.807) is 0 Å². The van der Waals surface area contributed by atoms with Gasteiger partial charge < -0.3 is 9.88 Å². The van der Waals surface area contributed by atoms with Crippen LogP contribution in [0.4, 0.5) is 0 Å². The lowest BCUT2D eigenvalue weighted by molar-refractivity contribution is 0.209. The second kappa shape index (κ2) is 9.14. The largest absolute Gasteiger partial charge is 0.331 e. The Kier molecular flexibility index (Phi) is 9.21. The van der Waals surface area contributed by atoms with Gasteiger partial charge in [0.25, 0.3) is 0 Å². The van der Waals surface area contributed by atoms with Crippen molar-refractivity contribution in [2.24, 2.45) is 0 Å². The predicted molar refractivity (Wildman–Crippen MR) is 91.4 cm³/mol. The maximum atomic E-state index is 3.96. The Morgan fingerprint density at radius 2 is 1.42 bits per heavy atom. The van der Waals surface area contributed by atoms with Crippen molar-refractivity contribution in [3.63, 3.8) is 0 Å². The quantitative estimate of drug-likeness (QED) is 0.563. The molecular weight excluding hydrogens is 248 g/mol. The molecule has 0 heterocycles. The summed E-state index contributed by atoms with van der Waals surface area (Å²) in [5.41, 5.74) is 0.243. The van der Waals surface area contributed by atoms with Gasteiger partial charge in [-0.2, -0.15) is 0 Å². The van der Waals surface area contributed by atoms with Crippen LogP contribution in [0.15, 0.2) is 0 Å². The van der Waals surface area contributed by atoms with Crippen molar-refractivity contribution in [3.05, 3.63) is 0 Å². The molecule has 0 aliphatic heterocycles. The number of unbranched alkanes of at least 4 members (excludes halogenated alkanes) is 2. The molecule has 0 aromatic carbocycles. The van der Waals surface area contributed by atoms with Crippen LogP contribution in [0, 0.1) is 0 Å². The molecule has 0 atom stereocenters. The highest BCUT2D eigenvalue weighted by atomic mass is 28.3. The molecule has 0 unspecified atom stereocenters. The zero-order valence-electron chi connectivity index (χ0n) is 14.6. The van der Waals surface area contributed by atoms with Crippen LogP contribution >= 0.6 is 0 Å². The van der Waals surface area contributed by atoms with Crippen LogP contribution in [0.5, 0.6) is 0 Å². The van der Waals surface area contributed by atoms with Gasteiger partial charge in [0, 0.05) is 12.1 Å². The predicted octanol–water partition coefficient (Wildman–Crippen LogP) is 4.48. The smallest absolute Gasteiger partial charge is 0.119 e. The van der Waals surface area contributed by atoms with E-state index in [1.165, 1.54) is 51.4 Å². The summed E-state index contributed by atoms with van der Waals surface area (Å²) in [4.78, 5) is 6.63. The molecule has 19 heavy (non-hydrogen) atoms. The van der Waals surface area contributed by atoms with Crippen molar-refractivity contribution in [1.29, 1.82) is 0 Å². The summed E-state index contributed by atoms with van der Waals surface area (Å²) >= 11 is 0. The van der Waals surface area contributed by atoms with Gasteiger partial charge in [0.15, 0.2) is 0 Å². The summed E-state index contributed by atoms with van der Waals surface area (Å²) in [5.74, 6) is 0. The highest BCUT2D eigenvalue weighted by Crippen LogP contribution is 2.14. The first kappa shape index (κ1) is 19.1. The SMILES string of the molecule is CCCCN(CCCC)CC(C)(C)N[Si](C)(C)CC. The molecule has 0 saturated carbocycles. The van der Waals surface area contributed by atoms with Gasteiger partial charge in [-0.05, 0) is 45.8 Å². The third-order valence-electron chi connectivity index (χ3n) is 3.84. The Balaban J connectivity index is 4.43. The molecule has 0 radical (unpaired) electrons. The van der Waals surface area contributed by atoms with Crippen molar-refractivity contribution in [3.8, 4) is 0 Å². The molecular formula is C16H38N2Si. The lowest BCUT2D eigenvalue weighted by atomic mass is 10.1. The molecule has 0 spiro atoms. The van der Waals surface area contributed by atoms with E-state index < -0.39 is 8.24 Å². The highest BCUT2D eigenvalue weighted by Gasteiger charge is 2.29. The molecule has 2 nitrogen and oxygen atoms in total. The Morgan fingerprint density at radius 3 is 1.79 bits per heavy atom. The highest BCUT2D eigenvalue weighted by molar-refractivity contribution is 6.75. The summed E-state index contributed by atoms with van der Waals surface area (Å²) in [6.45, 7) is 20.2. The van der Waals surface area contributed by atoms with E-state index in [4.69, 9.17) is 0 Å². The molecule has 0 bridgehead atoms. The number of nitrogens with zero attached hydrogens (tertiary/aromatic N) is 1. The minimum Gasteiger partial charge on any atom is -0.331 e. The van der Waals surface area contributed by atoms with Crippen LogP contribution in [-0.4, -0.2) is 38.3 Å². The molecule has 0 aromatic rings. The van der Waals surface area contributed by atoms with Gasteiger partial charge in [-0.15, -0.1) is 0 Å². The molecule has 0 aliphatic rings. The van der Waals surface area contributed by atoms with Gasteiger partial charge >= 0.3 is 0 Å². The third-order valence-corrected chi connectivity index (χ3v) is 6.96. The lowest BCUT2D eigenvalue weighted by Gasteiger charge is -2.39. The summed E-state index contributed by atoms with van der Waals surface area (Å²) in [7, 11) is -1.22. The minimum absolute atomic E-state index is 0.243. The van der Waals surface area contributed by atoms with Gasteiger partial charge in [0.1, 0.15) is 8.24 Å². The van der Waals surface area contributed by atoms with Gasteiger partial charge in [-0.3, -0.25) is 0 Å². The van der Waals surface area contributed by atoms with E-state index in [9.17, 15) is 0 Å². The van der Waals surface area contributed by atoms with Crippen molar-refractivity contribution < 1.29 is 0 Å². The standard InChI is InChI=1S/C16H38N2Si/c1-8-11-13-18(14-12-9-2)15-16(4,5)17-19(6,7)10-3/h17H,8-15H2,1-7H3. The fourth-order valence-electron chi connectivity index (χ4n) is 2.64. The van der Waals surface area contributed by atoms with Crippen LogP contribution in [0.25, 0.3) is 0 Å². The number of hydrogen-bond donors (Lipinski definition) is 1. The summed E-state index contributed by atoms with van der Waals surface area (Å²) < 4.78 is 0. The van der Waals surface area contributed by atoms with Crippen LogP contribution in [0.2, 0.25) is 19.1 Å². The van der Waals surface area contributed by atoms with E-state index in [1.807, 2.05) is 0 Å². The molecule has 0 rings (SSSR count). The van der Waals surface area contributed by atoms with E-state index in [-0.39, 0.29) is 5.54 Å². The topological polar surface area (TPSA) is 15.3 Å². The third kappa shape index (κ3) is 9.64. The molecule has 116 valence electrons. The first-order valence-electron chi connectivity index (χ1n) is 8.28. The van der Waals surface area contributed by atoms with E-state index in [0.29, 0.717) is 0 Å². The van der Waals surface area contributed by atoms with Crippen molar-refractivity contribution in [2.45, 2.75) is 85.0 Å². The lowest BCUT2D eigenvalue weighted by Crippen LogP contribution is -2.59. The average molecular weight is 287 g/mol. The molecule has 0 aliphatic carbocycles. The first-order valence-corrected chi connectivity index (χ1v) is 11.5. The minimum atomic E-state index is -1.22. The van der Waals surface area contributed by atoms with Gasteiger partial charge in [-0.1, -0.05) is 46.7 Å². The molecule has 0 saturated heterocycles. The van der Waals surface area contributed by atoms with Crippen LogP contribution < -0.4 is 4.98 Å². The summed E-state index contributed by atoms with van der Waals surface area (Å²) in [5, 5.41) is 0. The maximum Gasteiger partial charge on any atom is 0.119 e.